The highest BCUT2D eigenvalue weighted by Crippen LogP contribution is 2.41. The van der Waals surface area contributed by atoms with E-state index in [1.807, 2.05) is 43.3 Å². The molecule has 35 heavy (non-hydrogen) atoms. The molecule has 3 heterocycles. The Kier molecular flexibility index (Phi) is 6.95. The molecule has 2 unspecified atom stereocenters. The van der Waals surface area contributed by atoms with Gasteiger partial charge >= 0.3 is 0 Å². The molecule has 2 saturated heterocycles. The van der Waals surface area contributed by atoms with Gasteiger partial charge in [-0.15, -0.1) is 0 Å². The Hall–Kier alpha value is -2.68. The Morgan fingerprint density at radius 1 is 1.09 bits per heavy atom. The SMILES string of the molecule is CC1Cc2cc(C(O)=C3C(=O)C(=O)N(CCCN4CCOCC4)C3c3ccc(Br)cc3)ccc2O1. The van der Waals surface area contributed by atoms with Crippen LogP contribution >= 0.6 is 15.9 Å². The summed E-state index contributed by atoms with van der Waals surface area (Å²) in [7, 11) is 0. The Morgan fingerprint density at radius 3 is 2.57 bits per heavy atom. The molecule has 2 fully saturated rings. The molecule has 0 bridgehead atoms. The number of carbonyl (C=O) groups is 2. The van der Waals surface area contributed by atoms with Gasteiger partial charge in [0, 0.05) is 42.6 Å². The first-order valence-corrected chi connectivity index (χ1v) is 12.9. The molecular formula is C27H29BrN2O5. The number of aliphatic hydroxyl groups excluding tert-OH is 1. The number of morpholine rings is 1. The van der Waals surface area contributed by atoms with Gasteiger partial charge in [-0.3, -0.25) is 14.5 Å². The van der Waals surface area contributed by atoms with E-state index in [1.54, 1.807) is 11.0 Å². The molecule has 0 aliphatic carbocycles. The molecule has 2 aromatic rings. The summed E-state index contributed by atoms with van der Waals surface area (Å²) < 4.78 is 12.1. The monoisotopic (exact) mass is 540 g/mol. The molecule has 2 atom stereocenters. The van der Waals surface area contributed by atoms with Crippen LogP contribution < -0.4 is 4.74 Å². The second-order valence-electron chi connectivity index (χ2n) is 9.31. The van der Waals surface area contributed by atoms with Crippen molar-refractivity contribution in [1.82, 2.24) is 9.80 Å². The van der Waals surface area contributed by atoms with Gasteiger partial charge in [0.15, 0.2) is 0 Å². The average molecular weight is 541 g/mol. The minimum Gasteiger partial charge on any atom is -0.507 e. The second-order valence-corrected chi connectivity index (χ2v) is 10.2. The van der Waals surface area contributed by atoms with E-state index in [2.05, 4.69) is 20.8 Å². The van der Waals surface area contributed by atoms with Gasteiger partial charge in [0.05, 0.1) is 24.8 Å². The third-order valence-electron chi connectivity index (χ3n) is 6.87. The van der Waals surface area contributed by atoms with E-state index in [1.165, 1.54) is 0 Å². The molecule has 0 radical (unpaired) electrons. The molecule has 1 amide bonds. The van der Waals surface area contributed by atoms with Crippen LogP contribution in [0.4, 0.5) is 0 Å². The molecule has 2 aromatic carbocycles. The fourth-order valence-electron chi connectivity index (χ4n) is 5.12. The summed E-state index contributed by atoms with van der Waals surface area (Å²) in [5.74, 6) is -0.567. The number of carbonyl (C=O) groups excluding carboxylic acids is 2. The summed E-state index contributed by atoms with van der Waals surface area (Å²) in [5.41, 5.74) is 2.44. The van der Waals surface area contributed by atoms with E-state index < -0.39 is 17.7 Å². The van der Waals surface area contributed by atoms with Gasteiger partial charge in [0.25, 0.3) is 11.7 Å². The van der Waals surface area contributed by atoms with Crippen LogP contribution in [0.1, 0.15) is 36.1 Å². The summed E-state index contributed by atoms with van der Waals surface area (Å²) in [5, 5.41) is 11.3. The second kappa shape index (κ2) is 10.1. The van der Waals surface area contributed by atoms with Crippen LogP contribution in [0.3, 0.4) is 0 Å². The number of likely N-dealkylation sites (tertiary alicyclic amines) is 1. The topological polar surface area (TPSA) is 79.3 Å². The molecule has 3 aliphatic heterocycles. The molecule has 0 spiro atoms. The highest BCUT2D eigenvalue weighted by Gasteiger charge is 2.45. The van der Waals surface area contributed by atoms with Crippen LogP contribution in [0.5, 0.6) is 5.75 Å². The lowest BCUT2D eigenvalue weighted by Gasteiger charge is -2.29. The highest BCUT2D eigenvalue weighted by molar-refractivity contribution is 9.10. The Labute approximate surface area is 213 Å². The molecule has 7 nitrogen and oxygen atoms in total. The molecule has 184 valence electrons. The van der Waals surface area contributed by atoms with Crippen molar-refractivity contribution in [2.24, 2.45) is 0 Å². The van der Waals surface area contributed by atoms with Gasteiger partial charge in [-0.1, -0.05) is 28.1 Å². The fraction of sp³-hybridized carbons (Fsp3) is 0.407. The number of fused-ring (bicyclic) bond motifs is 1. The van der Waals surface area contributed by atoms with Crippen molar-refractivity contribution >= 4 is 33.4 Å². The number of ether oxygens (including phenoxy) is 2. The average Bonchev–Trinajstić information content (AvgIpc) is 3.36. The van der Waals surface area contributed by atoms with E-state index in [9.17, 15) is 14.7 Å². The number of ketones is 1. The van der Waals surface area contributed by atoms with E-state index in [-0.39, 0.29) is 17.4 Å². The van der Waals surface area contributed by atoms with E-state index in [0.717, 1.165) is 53.8 Å². The van der Waals surface area contributed by atoms with E-state index in [4.69, 9.17) is 9.47 Å². The number of benzene rings is 2. The molecule has 5 rings (SSSR count). The zero-order valence-electron chi connectivity index (χ0n) is 19.7. The Morgan fingerprint density at radius 2 is 1.83 bits per heavy atom. The summed E-state index contributed by atoms with van der Waals surface area (Å²) >= 11 is 3.46. The van der Waals surface area contributed by atoms with E-state index >= 15 is 0 Å². The zero-order valence-corrected chi connectivity index (χ0v) is 21.3. The number of hydrogen-bond donors (Lipinski definition) is 1. The van der Waals surface area contributed by atoms with Gasteiger partial charge in [0.1, 0.15) is 17.6 Å². The first-order valence-electron chi connectivity index (χ1n) is 12.1. The standard InChI is InChI=1S/C27H29BrN2O5/c1-17-15-20-16-19(5-8-22(20)35-17)25(31)23-24(18-3-6-21(28)7-4-18)30(27(33)26(23)32)10-2-9-29-11-13-34-14-12-29/h3-8,16-17,24,31H,2,9-15H2,1H3. The summed E-state index contributed by atoms with van der Waals surface area (Å²) in [6.07, 6.45) is 1.54. The smallest absolute Gasteiger partial charge is 0.295 e. The normalized spacial score (nSPS) is 24.0. The number of aliphatic hydroxyl groups is 1. The highest BCUT2D eigenvalue weighted by atomic mass is 79.9. The molecule has 0 aromatic heterocycles. The van der Waals surface area contributed by atoms with Crippen molar-refractivity contribution in [3.05, 3.63) is 69.2 Å². The van der Waals surface area contributed by atoms with Crippen molar-refractivity contribution in [3.8, 4) is 5.75 Å². The van der Waals surface area contributed by atoms with Crippen LogP contribution in [0, 0.1) is 0 Å². The molecule has 1 N–H and O–H groups in total. The molecule has 0 saturated carbocycles. The van der Waals surface area contributed by atoms with Crippen LogP contribution in [-0.4, -0.2) is 72.1 Å². The first kappa shape index (κ1) is 24.0. The van der Waals surface area contributed by atoms with Crippen molar-refractivity contribution in [1.29, 1.82) is 0 Å². The van der Waals surface area contributed by atoms with Crippen LogP contribution in [0.25, 0.3) is 5.76 Å². The largest absolute Gasteiger partial charge is 0.507 e. The number of Topliss-reactive ketones (excluding diaryl/α,β-unsaturated/α-hetero) is 1. The molecule has 3 aliphatic rings. The third-order valence-corrected chi connectivity index (χ3v) is 7.40. The number of amides is 1. The summed E-state index contributed by atoms with van der Waals surface area (Å²) in [4.78, 5) is 30.4. The number of rotatable bonds is 6. The lowest BCUT2D eigenvalue weighted by Crippen LogP contribution is -2.38. The Bertz CT molecular complexity index is 1160. The molecular weight excluding hydrogens is 512 g/mol. The van der Waals surface area contributed by atoms with Crippen molar-refractivity contribution < 1.29 is 24.2 Å². The quantitative estimate of drug-likeness (QED) is 0.340. The fourth-order valence-corrected chi connectivity index (χ4v) is 5.38. The van der Waals surface area contributed by atoms with Gasteiger partial charge in [-0.25, -0.2) is 0 Å². The van der Waals surface area contributed by atoms with Crippen LogP contribution in [0.2, 0.25) is 0 Å². The maximum absolute atomic E-state index is 13.3. The van der Waals surface area contributed by atoms with Crippen LogP contribution in [0.15, 0.2) is 52.5 Å². The lowest BCUT2D eigenvalue weighted by molar-refractivity contribution is -0.140. The number of nitrogens with zero attached hydrogens (tertiary/aromatic N) is 2. The number of halogens is 1. The zero-order chi connectivity index (χ0) is 24.5. The van der Waals surface area contributed by atoms with Crippen molar-refractivity contribution in [2.75, 3.05) is 39.4 Å². The van der Waals surface area contributed by atoms with Gasteiger partial charge < -0.3 is 19.5 Å². The van der Waals surface area contributed by atoms with Gasteiger partial charge in [0.2, 0.25) is 0 Å². The van der Waals surface area contributed by atoms with Gasteiger partial charge in [-0.2, -0.15) is 0 Å². The predicted octanol–water partition coefficient (Wildman–Crippen LogP) is 3.92. The minimum absolute atomic E-state index is 0.0715. The van der Waals surface area contributed by atoms with Gasteiger partial charge in [-0.05, 0) is 54.8 Å². The van der Waals surface area contributed by atoms with Crippen molar-refractivity contribution in [2.45, 2.75) is 31.9 Å². The first-order chi connectivity index (χ1) is 16.9. The van der Waals surface area contributed by atoms with Crippen molar-refractivity contribution in [3.63, 3.8) is 0 Å². The number of hydrogen-bond acceptors (Lipinski definition) is 6. The maximum Gasteiger partial charge on any atom is 0.295 e. The lowest BCUT2D eigenvalue weighted by atomic mass is 9.94. The maximum atomic E-state index is 13.3. The van der Waals surface area contributed by atoms with Crippen LogP contribution in [-0.2, 0) is 20.7 Å². The Balaban J connectivity index is 1.47. The van der Waals surface area contributed by atoms with E-state index in [0.29, 0.717) is 25.3 Å². The summed E-state index contributed by atoms with van der Waals surface area (Å²) in [6.45, 7) is 6.42. The third kappa shape index (κ3) is 4.87. The minimum atomic E-state index is -0.646. The molecule has 8 heteroatoms. The summed E-state index contributed by atoms with van der Waals surface area (Å²) in [6, 6.07) is 12.3. The predicted molar refractivity (Wildman–Crippen MR) is 135 cm³/mol.